The molecule has 1 atom stereocenters. The van der Waals surface area contributed by atoms with Crippen LogP contribution in [0.1, 0.15) is 43.2 Å². The highest BCUT2D eigenvalue weighted by molar-refractivity contribution is 7.13. The smallest absolute Gasteiger partial charge is 0.269 e. The van der Waals surface area contributed by atoms with Crippen LogP contribution in [0.3, 0.4) is 0 Å². The summed E-state index contributed by atoms with van der Waals surface area (Å²) in [5.41, 5.74) is 2.75. The topological polar surface area (TPSA) is 63.8 Å². The summed E-state index contributed by atoms with van der Waals surface area (Å²) >= 11 is 1.54. The van der Waals surface area contributed by atoms with Crippen molar-refractivity contribution >= 4 is 11.3 Å². The Bertz CT molecular complexity index is 514. The lowest BCUT2D eigenvalue weighted by atomic mass is 10.1. The summed E-state index contributed by atoms with van der Waals surface area (Å²) in [5.74, 6) is 1.37. The van der Waals surface area contributed by atoms with E-state index in [0.29, 0.717) is 5.89 Å². The van der Waals surface area contributed by atoms with Crippen LogP contribution in [0.15, 0.2) is 10.0 Å². The highest BCUT2D eigenvalue weighted by Gasteiger charge is 2.21. The Morgan fingerprint density at radius 2 is 2.33 bits per heavy atom. The molecule has 0 aromatic carbocycles. The highest BCUT2D eigenvalue weighted by atomic mass is 32.1. The normalized spacial score (nSPS) is 20.8. The van der Waals surface area contributed by atoms with Crippen LogP contribution in [0.2, 0.25) is 0 Å². The highest BCUT2D eigenvalue weighted by Crippen LogP contribution is 2.27. The van der Waals surface area contributed by atoms with E-state index in [9.17, 15) is 0 Å². The van der Waals surface area contributed by atoms with E-state index in [1.165, 1.54) is 30.6 Å². The Kier molecular flexibility index (Phi) is 3.38. The van der Waals surface area contributed by atoms with Crippen LogP contribution in [-0.2, 0) is 0 Å². The molecule has 2 aromatic heterocycles. The third kappa shape index (κ3) is 2.30. The summed E-state index contributed by atoms with van der Waals surface area (Å²) in [6.07, 6.45) is 4.82. The molecule has 1 aliphatic rings. The molecule has 0 radical (unpaired) electrons. The van der Waals surface area contributed by atoms with Crippen molar-refractivity contribution in [2.45, 2.75) is 38.6 Å². The fourth-order valence-electron chi connectivity index (χ4n) is 2.22. The van der Waals surface area contributed by atoms with E-state index < -0.39 is 0 Å². The first kappa shape index (κ1) is 11.8. The Hall–Kier alpha value is -1.27. The average Bonchev–Trinajstić information content (AvgIpc) is 2.91. The summed E-state index contributed by atoms with van der Waals surface area (Å²) < 4.78 is 5.35. The molecule has 1 saturated heterocycles. The molecule has 1 N–H and O–H groups in total. The van der Waals surface area contributed by atoms with Gasteiger partial charge < -0.3 is 9.84 Å². The van der Waals surface area contributed by atoms with Crippen molar-refractivity contribution in [3.05, 3.63) is 17.0 Å². The van der Waals surface area contributed by atoms with Gasteiger partial charge in [0.25, 0.3) is 5.89 Å². The Balaban J connectivity index is 1.82. The molecule has 18 heavy (non-hydrogen) atoms. The quantitative estimate of drug-likeness (QED) is 0.903. The summed E-state index contributed by atoms with van der Waals surface area (Å²) in [4.78, 5) is 9.69. The third-order valence-corrected chi connectivity index (χ3v) is 4.17. The molecule has 0 amide bonds. The lowest BCUT2D eigenvalue weighted by Crippen LogP contribution is -2.21. The summed E-state index contributed by atoms with van der Waals surface area (Å²) in [6.45, 7) is 2.99. The zero-order valence-electron chi connectivity index (χ0n) is 10.3. The molecule has 3 rings (SSSR count). The van der Waals surface area contributed by atoms with Crippen molar-refractivity contribution in [2.75, 3.05) is 6.54 Å². The van der Waals surface area contributed by atoms with E-state index in [-0.39, 0.29) is 6.04 Å². The Morgan fingerprint density at radius 3 is 3.17 bits per heavy atom. The minimum atomic E-state index is 0.234. The number of hydrogen-bond acceptors (Lipinski definition) is 6. The number of aromatic nitrogens is 3. The molecular formula is C12H16N4OS. The second-order valence-corrected chi connectivity index (χ2v) is 5.44. The van der Waals surface area contributed by atoms with Gasteiger partial charge >= 0.3 is 0 Å². The van der Waals surface area contributed by atoms with Crippen molar-refractivity contribution in [3.63, 3.8) is 0 Å². The minimum Gasteiger partial charge on any atom is -0.333 e. The minimum absolute atomic E-state index is 0.234. The standard InChI is InChI=1S/C12H16N4OS/c1-8-10(18-7-14-8)12-15-11(16-17-12)9-5-3-2-4-6-13-9/h7,9,13H,2-6H2,1H3. The first-order valence-corrected chi connectivity index (χ1v) is 7.20. The zero-order chi connectivity index (χ0) is 12.4. The molecule has 2 aromatic rings. The SMILES string of the molecule is Cc1ncsc1-c1nc(C2CCCCCN2)no1. The number of rotatable bonds is 2. The second-order valence-electron chi connectivity index (χ2n) is 4.58. The maximum Gasteiger partial charge on any atom is 0.269 e. The molecular weight excluding hydrogens is 248 g/mol. The van der Waals surface area contributed by atoms with Gasteiger partial charge in [0.05, 0.1) is 17.2 Å². The molecule has 0 spiro atoms. The van der Waals surface area contributed by atoms with Gasteiger partial charge in [-0.05, 0) is 26.3 Å². The zero-order valence-corrected chi connectivity index (χ0v) is 11.2. The molecule has 0 aliphatic carbocycles. The van der Waals surface area contributed by atoms with Gasteiger partial charge in [0.1, 0.15) is 4.88 Å². The molecule has 3 heterocycles. The van der Waals surface area contributed by atoms with E-state index in [0.717, 1.165) is 29.4 Å². The van der Waals surface area contributed by atoms with Crippen LogP contribution in [0.25, 0.3) is 10.8 Å². The van der Waals surface area contributed by atoms with Crippen molar-refractivity contribution in [1.82, 2.24) is 20.4 Å². The average molecular weight is 264 g/mol. The van der Waals surface area contributed by atoms with Crippen LogP contribution < -0.4 is 5.32 Å². The van der Waals surface area contributed by atoms with Gasteiger partial charge in [-0.15, -0.1) is 11.3 Å². The number of aryl methyl sites for hydroxylation is 1. The maximum absolute atomic E-state index is 5.35. The molecule has 0 saturated carbocycles. The second kappa shape index (κ2) is 5.16. The number of hydrogen-bond donors (Lipinski definition) is 1. The van der Waals surface area contributed by atoms with Crippen molar-refractivity contribution in [2.24, 2.45) is 0 Å². The van der Waals surface area contributed by atoms with Crippen LogP contribution in [0, 0.1) is 6.92 Å². The number of nitrogens with one attached hydrogen (secondary N) is 1. The van der Waals surface area contributed by atoms with Crippen LogP contribution in [0.4, 0.5) is 0 Å². The first-order valence-electron chi connectivity index (χ1n) is 6.32. The van der Waals surface area contributed by atoms with Crippen molar-refractivity contribution in [3.8, 4) is 10.8 Å². The van der Waals surface area contributed by atoms with E-state index in [4.69, 9.17) is 4.52 Å². The number of nitrogens with zero attached hydrogens (tertiary/aromatic N) is 3. The van der Waals surface area contributed by atoms with Gasteiger partial charge in [-0.3, -0.25) is 0 Å². The van der Waals surface area contributed by atoms with Gasteiger partial charge in [-0.2, -0.15) is 4.98 Å². The fraction of sp³-hybridized carbons (Fsp3) is 0.583. The third-order valence-electron chi connectivity index (χ3n) is 3.25. The molecule has 1 unspecified atom stereocenters. The lowest BCUT2D eigenvalue weighted by molar-refractivity contribution is 0.403. The predicted molar refractivity (Wildman–Crippen MR) is 69.4 cm³/mol. The van der Waals surface area contributed by atoms with Gasteiger partial charge in [0.15, 0.2) is 5.82 Å². The summed E-state index contributed by atoms with van der Waals surface area (Å²) in [6, 6.07) is 0.234. The lowest BCUT2D eigenvalue weighted by Gasteiger charge is -2.09. The Labute approximate surface area is 110 Å². The van der Waals surface area contributed by atoms with Crippen LogP contribution in [-0.4, -0.2) is 21.7 Å². The monoisotopic (exact) mass is 264 g/mol. The van der Waals surface area contributed by atoms with Gasteiger partial charge in [-0.1, -0.05) is 18.0 Å². The van der Waals surface area contributed by atoms with Crippen molar-refractivity contribution < 1.29 is 4.52 Å². The number of thiazole rings is 1. The molecule has 1 fully saturated rings. The van der Waals surface area contributed by atoms with Crippen molar-refractivity contribution in [1.29, 1.82) is 0 Å². The largest absolute Gasteiger partial charge is 0.333 e. The van der Waals surface area contributed by atoms with E-state index in [1.807, 2.05) is 6.92 Å². The molecule has 0 bridgehead atoms. The van der Waals surface area contributed by atoms with E-state index in [2.05, 4.69) is 20.4 Å². The van der Waals surface area contributed by atoms with Crippen LogP contribution in [0.5, 0.6) is 0 Å². The molecule has 96 valence electrons. The maximum atomic E-state index is 5.35. The molecule has 5 nitrogen and oxygen atoms in total. The summed E-state index contributed by atoms with van der Waals surface area (Å²) in [5, 5.41) is 7.58. The van der Waals surface area contributed by atoms with Gasteiger partial charge in [0, 0.05) is 0 Å². The van der Waals surface area contributed by atoms with Gasteiger partial charge in [0.2, 0.25) is 0 Å². The Morgan fingerprint density at radius 1 is 1.39 bits per heavy atom. The molecule has 6 heteroatoms. The fourth-order valence-corrected chi connectivity index (χ4v) is 2.95. The van der Waals surface area contributed by atoms with Gasteiger partial charge in [-0.25, -0.2) is 4.98 Å². The molecule has 1 aliphatic heterocycles. The van der Waals surface area contributed by atoms with E-state index in [1.54, 1.807) is 5.51 Å². The predicted octanol–water partition coefficient (Wildman–Crippen LogP) is 2.71. The first-order chi connectivity index (χ1) is 8.84. The van der Waals surface area contributed by atoms with Crippen LogP contribution >= 0.6 is 11.3 Å². The summed E-state index contributed by atoms with van der Waals surface area (Å²) in [7, 11) is 0. The van der Waals surface area contributed by atoms with E-state index >= 15 is 0 Å².